The summed E-state index contributed by atoms with van der Waals surface area (Å²) < 4.78 is 5.92. The second-order valence-corrected chi connectivity index (χ2v) is 6.62. The molecule has 134 valence electrons. The molecular formula is C20H23N5O. The molecule has 0 N–H and O–H groups in total. The summed E-state index contributed by atoms with van der Waals surface area (Å²) in [6.07, 6.45) is 1.85. The molecular weight excluding hydrogens is 326 g/mol. The van der Waals surface area contributed by atoms with Crippen molar-refractivity contribution in [1.29, 1.82) is 0 Å². The van der Waals surface area contributed by atoms with Crippen molar-refractivity contribution in [1.82, 2.24) is 25.0 Å². The van der Waals surface area contributed by atoms with Gasteiger partial charge < -0.3 is 4.42 Å². The van der Waals surface area contributed by atoms with E-state index in [-0.39, 0.29) is 6.04 Å². The van der Waals surface area contributed by atoms with E-state index in [1.54, 1.807) is 0 Å². The Labute approximate surface area is 153 Å². The van der Waals surface area contributed by atoms with Crippen molar-refractivity contribution >= 4 is 0 Å². The monoisotopic (exact) mass is 349 g/mol. The fourth-order valence-corrected chi connectivity index (χ4v) is 3.29. The molecule has 2 aromatic heterocycles. The van der Waals surface area contributed by atoms with Crippen molar-refractivity contribution in [2.45, 2.75) is 19.5 Å². The maximum atomic E-state index is 5.92. The molecule has 0 spiro atoms. The van der Waals surface area contributed by atoms with Crippen molar-refractivity contribution in [3.05, 3.63) is 66.3 Å². The summed E-state index contributed by atoms with van der Waals surface area (Å²) >= 11 is 0. The largest absolute Gasteiger partial charge is 0.419 e. The van der Waals surface area contributed by atoms with E-state index in [1.807, 2.05) is 48.7 Å². The Morgan fingerprint density at radius 1 is 0.962 bits per heavy atom. The van der Waals surface area contributed by atoms with Crippen LogP contribution in [0.5, 0.6) is 0 Å². The predicted octanol–water partition coefficient (Wildman–Crippen LogP) is 3.01. The summed E-state index contributed by atoms with van der Waals surface area (Å²) in [4.78, 5) is 9.26. The van der Waals surface area contributed by atoms with Gasteiger partial charge in [-0.1, -0.05) is 24.3 Å². The third kappa shape index (κ3) is 3.81. The van der Waals surface area contributed by atoms with Crippen LogP contribution in [0.15, 0.2) is 59.1 Å². The van der Waals surface area contributed by atoms with Gasteiger partial charge in [0, 0.05) is 44.5 Å². The molecule has 6 nitrogen and oxygen atoms in total. The van der Waals surface area contributed by atoms with Gasteiger partial charge >= 0.3 is 0 Å². The maximum absolute atomic E-state index is 5.92. The summed E-state index contributed by atoms with van der Waals surface area (Å²) in [5.41, 5.74) is 2.08. The smallest absolute Gasteiger partial charge is 0.247 e. The molecule has 1 atom stereocenters. The van der Waals surface area contributed by atoms with E-state index in [0.29, 0.717) is 11.8 Å². The van der Waals surface area contributed by atoms with Crippen molar-refractivity contribution in [2.75, 3.05) is 26.2 Å². The number of hydrogen-bond acceptors (Lipinski definition) is 6. The molecule has 1 aromatic carbocycles. The summed E-state index contributed by atoms with van der Waals surface area (Å²) in [5, 5.41) is 8.48. The molecule has 0 amide bonds. The van der Waals surface area contributed by atoms with Crippen LogP contribution < -0.4 is 0 Å². The topological polar surface area (TPSA) is 58.3 Å². The SMILES string of the molecule is CC(c1nnc(-c2ccccc2)o1)N1CCN(Cc2ccccn2)CC1. The first-order chi connectivity index (χ1) is 12.8. The molecule has 1 aliphatic heterocycles. The fraction of sp³-hybridized carbons (Fsp3) is 0.350. The molecule has 0 radical (unpaired) electrons. The van der Waals surface area contributed by atoms with E-state index in [9.17, 15) is 0 Å². The van der Waals surface area contributed by atoms with Crippen LogP contribution >= 0.6 is 0 Å². The first-order valence-electron chi connectivity index (χ1n) is 9.05. The Morgan fingerprint density at radius 2 is 1.73 bits per heavy atom. The number of nitrogens with zero attached hydrogens (tertiary/aromatic N) is 5. The first-order valence-corrected chi connectivity index (χ1v) is 9.05. The highest BCUT2D eigenvalue weighted by atomic mass is 16.4. The average molecular weight is 349 g/mol. The number of benzene rings is 1. The van der Waals surface area contributed by atoms with Gasteiger partial charge in [-0.2, -0.15) is 0 Å². The number of piperazine rings is 1. The molecule has 1 saturated heterocycles. The summed E-state index contributed by atoms with van der Waals surface area (Å²) in [7, 11) is 0. The Hall–Kier alpha value is -2.57. The van der Waals surface area contributed by atoms with Gasteiger partial charge in [0.25, 0.3) is 0 Å². The van der Waals surface area contributed by atoms with Crippen LogP contribution in [0.2, 0.25) is 0 Å². The number of aromatic nitrogens is 3. The van der Waals surface area contributed by atoms with Crippen molar-refractivity contribution < 1.29 is 4.42 Å². The third-order valence-electron chi connectivity index (χ3n) is 4.89. The minimum absolute atomic E-state index is 0.122. The van der Waals surface area contributed by atoms with E-state index < -0.39 is 0 Å². The Kier molecular flexibility index (Phi) is 5.04. The van der Waals surface area contributed by atoms with Gasteiger partial charge in [0.05, 0.1) is 11.7 Å². The summed E-state index contributed by atoms with van der Waals surface area (Å²) in [6, 6.07) is 16.1. The van der Waals surface area contributed by atoms with Crippen LogP contribution in [-0.4, -0.2) is 51.2 Å². The maximum Gasteiger partial charge on any atom is 0.247 e. The van der Waals surface area contributed by atoms with Gasteiger partial charge in [-0.15, -0.1) is 10.2 Å². The van der Waals surface area contributed by atoms with Crippen LogP contribution in [0.3, 0.4) is 0 Å². The van der Waals surface area contributed by atoms with Crippen molar-refractivity contribution in [3.63, 3.8) is 0 Å². The van der Waals surface area contributed by atoms with Gasteiger partial charge in [-0.3, -0.25) is 14.8 Å². The average Bonchev–Trinajstić information content (AvgIpc) is 3.20. The minimum atomic E-state index is 0.122. The standard InChI is InChI=1S/C20H23N5O/c1-16(19-22-23-20(26-19)17-7-3-2-4-8-17)25-13-11-24(12-14-25)15-18-9-5-6-10-21-18/h2-10,16H,11-15H2,1H3. The van der Waals surface area contributed by atoms with E-state index in [0.717, 1.165) is 44.0 Å². The van der Waals surface area contributed by atoms with E-state index >= 15 is 0 Å². The Bertz CT molecular complexity index is 812. The van der Waals surface area contributed by atoms with Crippen LogP contribution in [0.1, 0.15) is 24.6 Å². The van der Waals surface area contributed by atoms with E-state index in [4.69, 9.17) is 4.42 Å². The van der Waals surface area contributed by atoms with Crippen LogP contribution in [0.25, 0.3) is 11.5 Å². The molecule has 1 aliphatic rings. The van der Waals surface area contributed by atoms with Gasteiger partial charge in [0.1, 0.15) is 0 Å². The molecule has 3 aromatic rings. The molecule has 4 rings (SSSR count). The first kappa shape index (κ1) is 16.9. The summed E-state index contributed by atoms with van der Waals surface area (Å²) in [6.45, 7) is 7.04. The molecule has 1 unspecified atom stereocenters. The quantitative estimate of drug-likeness (QED) is 0.706. The summed E-state index contributed by atoms with van der Waals surface area (Å²) in [5.74, 6) is 1.27. The highest BCUT2D eigenvalue weighted by Gasteiger charge is 2.25. The molecule has 0 saturated carbocycles. The van der Waals surface area contributed by atoms with Crippen LogP contribution in [0.4, 0.5) is 0 Å². The molecule has 26 heavy (non-hydrogen) atoms. The number of pyridine rings is 1. The van der Waals surface area contributed by atoms with Crippen molar-refractivity contribution in [3.8, 4) is 11.5 Å². The second-order valence-electron chi connectivity index (χ2n) is 6.62. The molecule has 3 heterocycles. The van der Waals surface area contributed by atoms with E-state index in [1.165, 1.54) is 0 Å². The second kappa shape index (κ2) is 7.76. The minimum Gasteiger partial charge on any atom is -0.419 e. The Morgan fingerprint density at radius 3 is 2.46 bits per heavy atom. The normalized spacial score (nSPS) is 17.3. The third-order valence-corrected chi connectivity index (χ3v) is 4.89. The molecule has 0 bridgehead atoms. The number of rotatable bonds is 5. The lowest BCUT2D eigenvalue weighted by molar-refractivity contribution is 0.0869. The number of hydrogen-bond donors (Lipinski definition) is 0. The predicted molar refractivity (Wildman–Crippen MR) is 99.2 cm³/mol. The van der Waals surface area contributed by atoms with E-state index in [2.05, 4.69) is 38.0 Å². The molecule has 1 fully saturated rings. The van der Waals surface area contributed by atoms with Gasteiger partial charge in [-0.25, -0.2) is 0 Å². The highest BCUT2D eigenvalue weighted by molar-refractivity contribution is 5.51. The van der Waals surface area contributed by atoms with Crippen LogP contribution in [0, 0.1) is 0 Å². The zero-order chi connectivity index (χ0) is 17.8. The van der Waals surface area contributed by atoms with Crippen molar-refractivity contribution in [2.24, 2.45) is 0 Å². The lowest BCUT2D eigenvalue weighted by Crippen LogP contribution is -2.46. The van der Waals surface area contributed by atoms with Gasteiger partial charge in [-0.05, 0) is 31.2 Å². The zero-order valence-electron chi connectivity index (χ0n) is 15.0. The van der Waals surface area contributed by atoms with Crippen LogP contribution in [-0.2, 0) is 6.54 Å². The molecule has 0 aliphatic carbocycles. The lowest BCUT2D eigenvalue weighted by atomic mass is 10.2. The Balaban J connectivity index is 1.35. The highest BCUT2D eigenvalue weighted by Crippen LogP contribution is 2.24. The zero-order valence-corrected chi connectivity index (χ0v) is 15.0. The molecule has 6 heteroatoms. The van der Waals surface area contributed by atoms with Gasteiger partial charge in [0.2, 0.25) is 11.8 Å². The lowest BCUT2D eigenvalue weighted by Gasteiger charge is -2.36. The van der Waals surface area contributed by atoms with Gasteiger partial charge in [0.15, 0.2) is 0 Å². The fourth-order valence-electron chi connectivity index (χ4n) is 3.29.